The first-order chi connectivity index (χ1) is 5.65. The largest absolute Gasteiger partial charge is 0.298 e. The molecular weight excluding hydrogens is 170 g/mol. The Morgan fingerprint density at radius 3 is 2.54 bits per heavy atom. The van der Waals surface area contributed by atoms with Gasteiger partial charge in [0.05, 0.1) is 4.92 Å². The van der Waals surface area contributed by atoms with Crippen molar-refractivity contribution in [3.05, 3.63) is 39.4 Å². The average Bonchev–Trinajstić information content (AvgIpc) is 2.05. The van der Waals surface area contributed by atoms with Crippen LogP contribution in [0.4, 0.5) is 5.69 Å². The Morgan fingerprint density at radius 2 is 2.08 bits per heavy atom. The molecule has 1 rings (SSSR count). The number of aryl methyl sites for hydroxylation is 1. The topological polar surface area (TPSA) is 60.2 Å². The molecule has 0 spiro atoms. The van der Waals surface area contributed by atoms with Gasteiger partial charge in [0.1, 0.15) is 6.29 Å². The molecule has 0 atom stereocenters. The van der Waals surface area contributed by atoms with E-state index < -0.39 is 4.92 Å². The standard InChI is InChI=1S/C8H7NO3.CH4/c1-6-2-3-7(5-10)4-8(6)9(11)12;/h2-5H,1H3;1H4. The van der Waals surface area contributed by atoms with Crippen molar-refractivity contribution in [1.82, 2.24) is 0 Å². The summed E-state index contributed by atoms with van der Waals surface area (Å²) in [6.45, 7) is 1.63. The van der Waals surface area contributed by atoms with Gasteiger partial charge in [-0.05, 0) is 6.92 Å². The van der Waals surface area contributed by atoms with Gasteiger partial charge in [-0.2, -0.15) is 0 Å². The summed E-state index contributed by atoms with van der Waals surface area (Å²) in [5.74, 6) is 0. The maximum absolute atomic E-state index is 10.4. The van der Waals surface area contributed by atoms with Gasteiger partial charge >= 0.3 is 0 Å². The number of nitro groups is 1. The zero-order chi connectivity index (χ0) is 9.14. The van der Waals surface area contributed by atoms with Gasteiger partial charge in [-0.15, -0.1) is 0 Å². The molecule has 0 amide bonds. The minimum Gasteiger partial charge on any atom is -0.298 e. The molecule has 4 nitrogen and oxygen atoms in total. The van der Waals surface area contributed by atoms with E-state index in [-0.39, 0.29) is 13.1 Å². The summed E-state index contributed by atoms with van der Waals surface area (Å²) in [5.41, 5.74) is 0.873. The van der Waals surface area contributed by atoms with Crippen LogP contribution in [0.2, 0.25) is 0 Å². The van der Waals surface area contributed by atoms with E-state index in [1.165, 1.54) is 6.07 Å². The monoisotopic (exact) mass is 181 g/mol. The van der Waals surface area contributed by atoms with Crippen LogP contribution in [-0.4, -0.2) is 11.2 Å². The van der Waals surface area contributed by atoms with Gasteiger partial charge in [-0.25, -0.2) is 0 Å². The van der Waals surface area contributed by atoms with Crippen molar-refractivity contribution in [3.63, 3.8) is 0 Å². The molecule has 0 saturated carbocycles. The molecule has 0 N–H and O–H groups in total. The molecule has 0 aliphatic rings. The summed E-state index contributed by atoms with van der Waals surface area (Å²) in [5, 5.41) is 10.4. The summed E-state index contributed by atoms with van der Waals surface area (Å²) >= 11 is 0. The van der Waals surface area contributed by atoms with Crippen molar-refractivity contribution in [1.29, 1.82) is 0 Å². The lowest BCUT2D eigenvalue weighted by Crippen LogP contribution is -1.92. The van der Waals surface area contributed by atoms with E-state index >= 15 is 0 Å². The molecule has 0 bridgehead atoms. The second-order valence-corrected chi connectivity index (χ2v) is 2.42. The molecule has 0 heterocycles. The molecular formula is C9H11NO3. The number of benzene rings is 1. The molecule has 0 aliphatic heterocycles. The zero-order valence-corrected chi connectivity index (χ0v) is 6.48. The first-order valence-corrected chi connectivity index (χ1v) is 3.35. The lowest BCUT2D eigenvalue weighted by molar-refractivity contribution is -0.385. The molecule has 4 heteroatoms. The molecule has 1 aromatic carbocycles. The fourth-order valence-electron chi connectivity index (χ4n) is 0.896. The quantitative estimate of drug-likeness (QED) is 0.399. The molecule has 0 aromatic heterocycles. The van der Waals surface area contributed by atoms with Crippen LogP contribution in [0, 0.1) is 17.0 Å². The molecule has 70 valence electrons. The van der Waals surface area contributed by atoms with Crippen molar-refractivity contribution >= 4 is 12.0 Å². The van der Waals surface area contributed by atoms with Gasteiger partial charge in [-0.1, -0.05) is 19.6 Å². The van der Waals surface area contributed by atoms with Crippen molar-refractivity contribution in [2.45, 2.75) is 14.4 Å². The van der Waals surface area contributed by atoms with E-state index in [2.05, 4.69) is 0 Å². The molecule has 0 saturated heterocycles. The Labute approximate surface area is 76.3 Å². The smallest absolute Gasteiger partial charge is 0.273 e. The van der Waals surface area contributed by atoms with Crippen LogP contribution in [0.1, 0.15) is 23.3 Å². The molecule has 0 fully saturated rings. The number of hydrogen-bond acceptors (Lipinski definition) is 3. The molecule has 1 aromatic rings. The Bertz CT molecular complexity index is 334. The highest BCUT2D eigenvalue weighted by Crippen LogP contribution is 2.17. The Hall–Kier alpha value is -1.71. The van der Waals surface area contributed by atoms with Crippen LogP contribution in [0.5, 0.6) is 0 Å². The third-order valence-electron chi connectivity index (χ3n) is 1.57. The van der Waals surface area contributed by atoms with Gasteiger partial charge in [0.25, 0.3) is 5.69 Å². The SMILES string of the molecule is C.Cc1ccc(C=O)cc1[N+](=O)[O-]. The Kier molecular flexibility index (Phi) is 3.78. The Morgan fingerprint density at radius 1 is 1.46 bits per heavy atom. The average molecular weight is 181 g/mol. The van der Waals surface area contributed by atoms with Crippen LogP contribution in [0.15, 0.2) is 18.2 Å². The summed E-state index contributed by atoms with van der Waals surface area (Å²) < 4.78 is 0. The van der Waals surface area contributed by atoms with E-state index in [1.54, 1.807) is 19.1 Å². The summed E-state index contributed by atoms with van der Waals surface area (Å²) in [4.78, 5) is 20.2. The van der Waals surface area contributed by atoms with E-state index in [9.17, 15) is 14.9 Å². The summed E-state index contributed by atoms with van der Waals surface area (Å²) in [7, 11) is 0. The van der Waals surface area contributed by atoms with Crippen LogP contribution < -0.4 is 0 Å². The maximum atomic E-state index is 10.4. The van der Waals surface area contributed by atoms with Crippen molar-refractivity contribution in [2.24, 2.45) is 0 Å². The lowest BCUT2D eigenvalue weighted by Gasteiger charge is -1.96. The number of carbonyl (C=O) groups is 1. The van der Waals surface area contributed by atoms with Crippen LogP contribution >= 0.6 is 0 Å². The molecule has 0 radical (unpaired) electrons. The number of aldehydes is 1. The fourth-order valence-corrected chi connectivity index (χ4v) is 0.896. The first-order valence-electron chi connectivity index (χ1n) is 3.35. The third-order valence-corrected chi connectivity index (χ3v) is 1.57. The van der Waals surface area contributed by atoms with E-state index in [0.29, 0.717) is 17.4 Å². The van der Waals surface area contributed by atoms with Gasteiger partial charge in [0.15, 0.2) is 0 Å². The highest BCUT2D eigenvalue weighted by atomic mass is 16.6. The zero-order valence-electron chi connectivity index (χ0n) is 6.48. The normalized spacial score (nSPS) is 8.69. The lowest BCUT2D eigenvalue weighted by atomic mass is 10.1. The Balaban J connectivity index is 0.00000144. The van der Waals surface area contributed by atoms with Gasteiger partial charge in [0.2, 0.25) is 0 Å². The minimum absolute atomic E-state index is 0. The third kappa shape index (κ3) is 2.37. The number of rotatable bonds is 2. The highest BCUT2D eigenvalue weighted by molar-refractivity contribution is 5.76. The first kappa shape index (κ1) is 11.3. The van der Waals surface area contributed by atoms with Crippen LogP contribution in [-0.2, 0) is 0 Å². The predicted octanol–water partition coefficient (Wildman–Crippen LogP) is 2.35. The summed E-state index contributed by atoms with van der Waals surface area (Å²) in [6.07, 6.45) is 0.590. The van der Waals surface area contributed by atoms with Crippen molar-refractivity contribution in [2.75, 3.05) is 0 Å². The highest BCUT2D eigenvalue weighted by Gasteiger charge is 2.09. The van der Waals surface area contributed by atoms with Crippen LogP contribution in [0.25, 0.3) is 0 Å². The van der Waals surface area contributed by atoms with Gasteiger partial charge < -0.3 is 0 Å². The van der Waals surface area contributed by atoms with E-state index in [0.717, 1.165) is 0 Å². The minimum atomic E-state index is -0.498. The van der Waals surface area contributed by atoms with E-state index in [4.69, 9.17) is 0 Å². The predicted molar refractivity (Wildman–Crippen MR) is 50.0 cm³/mol. The number of nitrogens with zero attached hydrogens (tertiary/aromatic N) is 1. The second-order valence-electron chi connectivity index (χ2n) is 2.42. The molecule has 13 heavy (non-hydrogen) atoms. The number of nitro benzene ring substituents is 1. The van der Waals surface area contributed by atoms with Crippen molar-refractivity contribution < 1.29 is 9.72 Å². The second kappa shape index (κ2) is 4.35. The van der Waals surface area contributed by atoms with Crippen LogP contribution in [0.3, 0.4) is 0 Å². The molecule has 0 unspecified atom stereocenters. The molecule has 0 aliphatic carbocycles. The van der Waals surface area contributed by atoms with Gasteiger partial charge in [0, 0.05) is 17.2 Å². The number of carbonyl (C=O) groups excluding carboxylic acids is 1. The van der Waals surface area contributed by atoms with Gasteiger partial charge in [-0.3, -0.25) is 14.9 Å². The number of hydrogen-bond donors (Lipinski definition) is 0. The fraction of sp³-hybridized carbons (Fsp3) is 0.222. The van der Waals surface area contributed by atoms with E-state index in [1.807, 2.05) is 0 Å². The van der Waals surface area contributed by atoms with Crippen molar-refractivity contribution in [3.8, 4) is 0 Å². The maximum Gasteiger partial charge on any atom is 0.273 e. The summed E-state index contributed by atoms with van der Waals surface area (Å²) in [6, 6.07) is 4.37.